The van der Waals surface area contributed by atoms with Gasteiger partial charge in [0.05, 0.1) is 0 Å². The molecule has 56 valence electrons. The molecular weight excluding hydrogens is 122 g/mol. The van der Waals surface area contributed by atoms with Gasteiger partial charge in [-0.15, -0.1) is 0 Å². The van der Waals surface area contributed by atoms with Crippen LogP contribution >= 0.6 is 0 Å². The van der Waals surface area contributed by atoms with Crippen molar-refractivity contribution < 1.29 is 0 Å². The minimum Gasteiger partial charge on any atom is -0.309 e. The summed E-state index contributed by atoms with van der Waals surface area (Å²) in [7, 11) is 0. The SMILES string of the molecule is C=C/C(=C\C=N)CC(C)C. The Hall–Kier alpha value is -0.850. The van der Waals surface area contributed by atoms with Crippen LogP contribution in [0.25, 0.3) is 0 Å². The molecule has 0 heterocycles. The summed E-state index contributed by atoms with van der Waals surface area (Å²) in [5.41, 5.74) is 1.14. The number of allylic oxidation sites excluding steroid dienone is 3. The van der Waals surface area contributed by atoms with Crippen molar-refractivity contribution in [3.05, 3.63) is 24.3 Å². The van der Waals surface area contributed by atoms with Crippen LogP contribution < -0.4 is 0 Å². The molecular formula is C9H15N. The van der Waals surface area contributed by atoms with Crippen LogP contribution in [0, 0.1) is 11.3 Å². The number of hydrogen-bond donors (Lipinski definition) is 1. The first-order valence-corrected chi connectivity index (χ1v) is 3.52. The Kier molecular flexibility index (Phi) is 4.55. The molecule has 0 aliphatic carbocycles. The van der Waals surface area contributed by atoms with Crippen LogP contribution in [-0.2, 0) is 0 Å². The highest BCUT2D eigenvalue weighted by molar-refractivity contribution is 5.69. The van der Waals surface area contributed by atoms with Crippen molar-refractivity contribution in [1.82, 2.24) is 0 Å². The van der Waals surface area contributed by atoms with Crippen molar-refractivity contribution in [1.29, 1.82) is 5.41 Å². The highest BCUT2D eigenvalue weighted by Gasteiger charge is 1.94. The summed E-state index contributed by atoms with van der Waals surface area (Å²) in [5.74, 6) is 0.643. The van der Waals surface area contributed by atoms with Crippen molar-refractivity contribution in [3.63, 3.8) is 0 Å². The minimum absolute atomic E-state index is 0.643. The van der Waals surface area contributed by atoms with Gasteiger partial charge in [-0.1, -0.05) is 26.5 Å². The lowest BCUT2D eigenvalue weighted by Gasteiger charge is -2.02. The van der Waals surface area contributed by atoms with E-state index in [4.69, 9.17) is 5.41 Å². The average Bonchev–Trinajstić information content (AvgIpc) is 1.86. The Bertz CT molecular complexity index is 143. The van der Waals surface area contributed by atoms with Crippen LogP contribution in [-0.4, -0.2) is 6.21 Å². The molecule has 0 aromatic heterocycles. The first-order chi connectivity index (χ1) is 4.70. The van der Waals surface area contributed by atoms with E-state index < -0.39 is 0 Å². The molecule has 0 amide bonds. The van der Waals surface area contributed by atoms with Gasteiger partial charge in [-0.25, -0.2) is 0 Å². The third-order valence-electron chi connectivity index (χ3n) is 1.20. The highest BCUT2D eigenvalue weighted by Crippen LogP contribution is 2.09. The maximum absolute atomic E-state index is 6.83. The standard InChI is InChI=1S/C9H15N/c1-4-9(5-6-10)7-8(2)3/h4-6,8,10H,1,7H2,2-3H3/b9-5+,10-6?. The Balaban J connectivity index is 3.95. The monoisotopic (exact) mass is 137 g/mol. The predicted octanol–water partition coefficient (Wildman–Crippen LogP) is 2.79. The molecule has 0 aromatic carbocycles. The van der Waals surface area contributed by atoms with Gasteiger partial charge in [0.2, 0.25) is 0 Å². The molecule has 0 aliphatic heterocycles. The Morgan fingerprint density at radius 3 is 2.50 bits per heavy atom. The van der Waals surface area contributed by atoms with Crippen molar-refractivity contribution in [2.24, 2.45) is 5.92 Å². The van der Waals surface area contributed by atoms with Crippen LogP contribution in [0.3, 0.4) is 0 Å². The zero-order valence-corrected chi connectivity index (χ0v) is 6.72. The first-order valence-electron chi connectivity index (χ1n) is 3.52. The third-order valence-corrected chi connectivity index (χ3v) is 1.20. The van der Waals surface area contributed by atoms with E-state index >= 15 is 0 Å². The fourth-order valence-electron chi connectivity index (χ4n) is 0.798. The zero-order chi connectivity index (χ0) is 7.98. The quantitative estimate of drug-likeness (QED) is 0.455. The third kappa shape index (κ3) is 4.07. The summed E-state index contributed by atoms with van der Waals surface area (Å²) in [4.78, 5) is 0. The molecule has 1 N–H and O–H groups in total. The van der Waals surface area contributed by atoms with Crippen molar-refractivity contribution in [2.75, 3.05) is 0 Å². The number of hydrogen-bond acceptors (Lipinski definition) is 1. The van der Waals surface area contributed by atoms with Gasteiger partial charge in [0.25, 0.3) is 0 Å². The molecule has 10 heavy (non-hydrogen) atoms. The summed E-state index contributed by atoms with van der Waals surface area (Å²) < 4.78 is 0. The van der Waals surface area contributed by atoms with E-state index in [-0.39, 0.29) is 0 Å². The van der Waals surface area contributed by atoms with E-state index in [1.807, 2.05) is 6.08 Å². The summed E-state index contributed by atoms with van der Waals surface area (Å²) in [5, 5.41) is 6.83. The molecule has 1 nitrogen and oxygen atoms in total. The van der Waals surface area contributed by atoms with E-state index in [0.717, 1.165) is 12.0 Å². The lowest BCUT2D eigenvalue weighted by Crippen LogP contribution is -1.88. The van der Waals surface area contributed by atoms with Gasteiger partial charge >= 0.3 is 0 Å². The normalized spacial score (nSPS) is 11.7. The van der Waals surface area contributed by atoms with Crippen molar-refractivity contribution in [3.8, 4) is 0 Å². The predicted molar refractivity (Wildman–Crippen MR) is 46.5 cm³/mol. The minimum atomic E-state index is 0.643. The van der Waals surface area contributed by atoms with Gasteiger partial charge < -0.3 is 5.41 Å². The zero-order valence-electron chi connectivity index (χ0n) is 6.72. The molecule has 0 unspecified atom stereocenters. The van der Waals surface area contributed by atoms with Crippen LogP contribution in [0.15, 0.2) is 24.3 Å². The second-order valence-electron chi connectivity index (χ2n) is 2.71. The smallest absolute Gasteiger partial charge is 0.0180 e. The molecule has 0 aliphatic rings. The molecule has 0 spiro atoms. The largest absolute Gasteiger partial charge is 0.309 e. The van der Waals surface area contributed by atoms with Crippen LogP contribution in [0.4, 0.5) is 0 Å². The highest BCUT2D eigenvalue weighted by atomic mass is 14.3. The Labute approximate surface area is 63.0 Å². The molecule has 0 fully saturated rings. The first kappa shape index (κ1) is 9.15. The van der Waals surface area contributed by atoms with Gasteiger partial charge in [-0.05, 0) is 24.0 Å². The summed E-state index contributed by atoms with van der Waals surface area (Å²) in [6.45, 7) is 7.97. The van der Waals surface area contributed by atoms with E-state index in [1.54, 1.807) is 6.08 Å². The van der Waals surface area contributed by atoms with Crippen molar-refractivity contribution in [2.45, 2.75) is 20.3 Å². The molecule has 0 aromatic rings. The molecule has 0 bridgehead atoms. The summed E-state index contributed by atoms with van der Waals surface area (Å²) in [6, 6.07) is 0. The fraction of sp³-hybridized carbons (Fsp3) is 0.444. The lowest BCUT2D eigenvalue weighted by molar-refractivity contribution is 0.650. The lowest BCUT2D eigenvalue weighted by atomic mass is 10.0. The fourth-order valence-corrected chi connectivity index (χ4v) is 0.798. The molecule has 0 saturated carbocycles. The maximum atomic E-state index is 6.83. The van der Waals surface area contributed by atoms with Crippen LogP contribution in [0.1, 0.15) is 20.3 Å². The summed E-state index contributed by atoms with van der Waals surface area (Å²) >= 11 is 0. The van der Waals surface area contributed by atoms with E-state index in [2.05, 4.69) is 20.4 Å². The number of nitrogens with one attached hydrogen (secondary N) is 1. The van der Waals surface area contributed by atoms with Crippen LogP contribution in [0.5, 0.6) is 0 Å². The Morgan fingerprint density at radius 2 is 2.20 bits per heavy atom. The molecule has 1 heteroatoms. The topological polar surface area (TPSA) is 23.9 Å². The average molecular weight is 137 g/mol. The van der Waals surface area contributed by atoms with Gasteiger partial charge in [0.15, 0.2) is 0 Å². The summed E-state index contributed by atoms with van der Waals surface area (Å²) in [6.07, 6.45) is 5.91. The van der Waals surface area contributed by atoms with E-state index in [1.165, 1.54) is 6.21 Å². The number of rotatable bonds is 4. The second kappa shape index (κ2) is 4.98. The maximum Gasteiger partial charge on any atom is 0.0180 e. The van der Waals surface area contributed by atoms with Crippen molar-refractivity contribution >= 4 is 6.21 Å². The van der Waals surface area contributed by atoms with Gasteiger partial charge in [-0.3, -0.25) is 0 Å². The van der Waals surface area contributed by atoms with Gasteiger partial charge in [0, 0.05) is 6.21 Å². The molecule has 0 radical (unpaired) electrons. The molecule has 0 rings (SSSR count). The Morgan fingerprint density at radius 1 is 1.60 bits per heavy atom. The molecule has 0 atom stereocenters. The van der Waals surface area contributed by atoms with E-state index in [0.29, 0.717) is 5.92 Å². The molecule has 0 saturated heterocycles. The van der Waals surface area contributed by atoms with Crippen LogP contribution in [0.2, 0.25) is 0 Å². The van der Waals surface area contributed by atoms with Gasteiger partial charge in [0.1, 0.15) is 0 Å². The second-order valence-corrected chi connectivity index (χ2v) is 2.71. The van der Waals surface area contributed by atoms with Gasteiger partial charge in [-0.2, -0.15) is 0 Å². The van der Waals surface area contributed by atoms with E-state index in [9.17, 15) is 0 Å².